The molecule has 0 spiro atoms. The van der Waals surface area contributed by atoms with Crippen LogP contribution in [0.25, 0.3) is 0 Å². The molecule has 20 heavy (non-hydrogen) atoms. The summed E-state index contributed by atoms with van der Waals surface area (Å²) in [5.74, 6) is -0.781. The highest BCUT2D eigenvalue weighted by Gasteiger charge is 2.19. The number of phenolic OH excluding ortho intramolecular Hbond substituents is 1. The molecular weight excluding hydrogens is 261 g/mol. The number of para-hydroxylation sites is 1. The van der Waals surface area contributed by atoms with Crippen LogP contribution in [0.1, 0.15) is 10.4 Å². The first kappa shape index (κ1) is 13.9. The van der Waals surface area contributed by atoms with Gasteiger partial charge in [-0.3, -0.25) is 4.79 Å². The molecule has 2 aromatic carbocycles. The zero-order valence-corrected chi connectivity index (χ0v) is 11.1. The monoisotopic (exact) mass is 275 g/mol. The van der Waals surface area contributed by atoms with E-state index in [-0.39, 0.29) is 17.0 Å². The van der Waals surface area contributed by atoms with Crippen LogP contribution in [0.2, 0.25) is 0 Å². The van der Waals surface area contributed by atoms with Gasteiger partial charge in [0.15, 0.2) is 0 Å². The number of hydrogen-bond donors (Lipinski definition) is 1. The molecule has 0 fully saturated rings. The van der Waals surface area contributed by atoms with Gasteiger partial charge in [0.1, 0.15) is 17.3 Å². The van der Waals surface area contributed by atoms with Gasteiger partial charge in [-0.15, -0.1) is 0 Å². The molecule has 0 aromatic heterocycles. The lowest BCUT2D eigenvalue weighted by Gasteiger charge is -2.18. The number of hydrogen-bond acceptors (Lipinski definition) is 3. The SMILES string of the molecule is COc1ccc(C(=O)N(C)c2ccccc2F)c(O)c1. The van der Waals surface area contributed by atoms with Gasteiger partial charge in [0, 0.05) is 13.1 Å². The van der Waals surface area contributed by atoms with Gasteiger partial charge in [-0.25, -0.2) is 4.39 Å². The van der Waals surface area contributed by atoms with Crippen molar-refractivity contribution >= 4 is 11.6 Å². The Kier molecular flexibility index (Phi) is 3.89. The van der Waals surface area contributed by atoms with E-state index in [9.17, 15) is 14.3 Å². The molecule has 104 valence electrons. The highest BCUT2D eigenvalue weighted by atomic mass is 19.1. The van der Waals surface area contributed by atoms with Crippen LogP contribution in [-0.4, -0.2) is 25.2 Å². The number of nitrogens with zero attached hydrogens (tertiary/aromatic N) is 1. The van der Waals surface area contributed by atoms with E-state index >= 15 is 0 Å². The summed E-state index contributed by atoms with van der Waals surface area (Å²) in [6.45, 7) is 0. The van der Waals surface area contributed by atoms with Crippen molar-refractivity contribution in [2.24, 2.45) is 0 Å². The van der Waals surface area contributed by atoms with Crippen LogP contribution in [0.5, 0.6) is 11.5 Å². The van der Waals surface area contributed by atoms with Crippen LogP contribution in [0, 0.1) is 5.82 Å². The van der Waals surface area contributed by atoms with Crippen LogP contribution in [0.4, 0.5) is 10.1 Å². The van der Waals surface area contributed by atoms with Crippen molar-refractivity contribution in [3.8, 4) is 11.5 Å². The van der Waals surface area contributed by atoms with Crippen LogP contribution >= 0.6 is 0 Å². The summed E-state index contributed by atoms with van der Waals surface area (Å²) in [6, 6.07) is 10.3. The number of carbonyl (C=O) groups excluding carboxylic acids is 1. The molecule has 0 aliphatic rings. The van der Waals surface area contributed by atoms with Crippen molar-refractivity contribution < 1.29 is 19.0 Å². The molecule has 5 heteroatoms. The molecule has 4 nitrogen and oxygen atoms in total. The number of rotatable bonds is 3. The van der Waals surface area contributed by atoms with Crippen molar-refractivity contribution in [1.82, 2.24) is 0 Å². The lowest BCUT2D eigenvalue weighted by Crippen LogP contribution is -2.27. The van der Waals surface area contributed by atoms with E-state index in [0.29, 0.717) is 5.75 Å². The largest absolute Gasteiger partial charge is 0.507 e. The highest BCUT2D eigenvalue weighted by molar-refractivity contribution is 6.07. The Morgan fingerprint density at radius 3 is 2.55 bits per heavy atom. The maximum Gasteiger partial charge on any atom is 0.261 e. The van der Waals surface area contributed by atoms with E-state index in [1.165, 1.54) is 38.4 Å². The fourth-order valence-corrected chi connectivity index (χ4v) is 1.83. The first-order valence-corrected chi connectivity index (χ1v) is 5.94. The normalized spacial score (nSPS) is 10.2. The topological polar surface area (TPSA) is 49.8 Å². The van der Waals surface area contributed by atoms with E-state index in [1.807, 2.05) is 0 Å². The fourth-order valence-electron chi connectivity index (χ4n) is 1.83. The predicted molar refractivity (Wildman–Crippen MR) is 73.8 cm³/mol. The van der Waals surface area contributed by atoms with Crippen molar-refractivity contribution in [1.29, 1.82) is 0 Å². The highest BCUT2D eigenvalue weighted by Crippen LogP contribution is 2.26. The summed E-state index contributed by atoms with van der Waals surface area (Å²) in [4.78, 5) is 13.4. The van der Waals surface area contributed by atoms with Crippen LogP contribution in [-0.2, 0) is 0 Å². The van der Waals surface area contributed by atoms with Gasteiger partial charge < -0.3 is 14.7 Å². The van der Waals surface area contributed by atoms with Gasteiger partial charge >= 0.3 is 0 Å². The Labute approximate surface area is 116 Å². The van der Waals surface area contributed by atoms with E-state index in [2.05, 4.69) is 0 Å². The zero-order chi connectivity index (χ0) is 14.7. The quantitative estimate of drug-likeness (QED) is 0.937. The third kappa shape index (κ3) is 2.56. The number of phenols is 1. The summed E-state index contributed by atoms with van der Waals surface area (Å²) in [7, 11) is 2.91. The van der Waals surface area contributed by atoms with Gasteiger partial charge in [0.25, 0.3) is 5.91 Å². The second-order valence-electron chi connectivity index (χ2n) is 4.20. The number of halogens is 1. The van der Waals surface area contributed by atoms with Crippen molar-refractivity contribution in [3.05, 3.63) is 53.8 Å². The van der Waals surface area contributed by atoms with Gasteiger partial charge in [0.2, 0.25) is 0 Å². The maximum absolute atomic E-state index is 13.7. The lowest BCUT2D eigenvalue weighted by molar-refractivity contribution is 0.0989. The third-order valence-corrected chi connectivity index (χ3v) is 2.95. The number of carbonyl (C=O) groups is 1. The minimum atomic E-state index is -0.504. The van der Waals surface area contributed by atoms with E-state index in [1.54, 1.807) is 18.2 Å². The number of benzene rings is 2. The van der Waals surface area contributed by atoms with Gasteiger partial charge in [-0.05, 0) is 24.3 Å². The minimum absolute atomic E-state index is 0.0801. The minimum Gasteiger partial charge on any atom is -0.507 e. The number of aromatic hydroxyl groups is 1. The molecule has 0 heterocycles. The number of ether oxygens (including phenoxy) is 1. The molecule has 2 aromatic rings. The maximum atomic E-state index is 13.7. The number of methoxy groups -OCH3 is 1. The molecule has 0 bridgehead atoms. The second kappa shape index (κ2) is 5.61. The predicted octanol–water partition coefficient (Wildman–Crippen LogP) is 2.82. The third-order valence-electron chi connectivity index (χ3n) is 2.95. The van der Waals surface area contributed by atoms with Crippen molar-refractivity contribution in [2.45, 2.75) is 0 Å². The number of anilines is 1. The summed E-state index contributed by atoms with van der Waals surface area (Å²) in [5, 5.41) is 9.84. The van der Waals surface area contributed by atoms with Crippen LogP contribution in [0.15, 0.2) is 42.5 Å². The molecule has 2 rings (SSSR count). The Hall–Kier alpha value is -2.56. The van der Waals surface area contributed by atoms with Gasteiger partial charge in [-0.1, -0.05) is 12.1 Å². The summed E-state index contributed by atoms with van der Waals surface area (Å²) < 4.78 is 18.6. The zero-order valence-electron chi connectivity index (χ0n) is 11.1. The smallest absolute Gasteiger partial charge is 0.261 e. The summed E-state index contributed by atoms with van der Waals surface area (Å²) in [5.41, 5.74) is 0.226. The first-order chi connectivity index (χ1) is 9.54. The standard InChI is InChI=1S/C15H14FNO3/c1-17(13-6-4-3-5-12(13)16)15(19)11-8-7-10(20-2)9-14(11)18/h3-9,18H,1-2H3. The first-order valence-electron chi connectivity index (χ1n) is 5.94. The molecule has 0 saturated heterocycles. The molecule has 0 aliphatic carbocycles. The molecule has 0 aliphatic heterocycles. The van der Waals surface area contributed by atoms with E-state index < -0.39 is 11.7 Å². The summed E-state index contributed by atoms with van der Waals surface area (Å²) >= 11 is 0. The molecule has 1 amide bonds. The molecule has 0 radical (unpaired) electrons. The van der Waals surface area contributed by atoms with Crippen LogP contribution in [0.3, 0.4) is 0 Å². The Balaban J connectivity index is 2.34. The molecule has 0 atom stereocenters. The molecule has 0 saturated carbocycles. The second-order valence-corrected chi connectivity index (χ2v) is 4.20. The number of amides is 1. The molecule has 0 unspecified atom stereocenters. The molecule has 1 N–H and O–H groups in total. The average molecular weight is 275 g/mol. The van der Waals surface area contributed by atoms with E-state index in [0.717, 1.165) is 4.90 Å². The Morgan fingerprint density at radius 2 is 1.95 bits per heavy atom. The van der Waals surface area contributed by atoms with Crippen molar-refractivity contribution in [2.75, 3.05) is 19.1 Å². The van der Waals surface area contributed by atoms with Gasteiger partial charge in [0.05, 0.1) is 18.4 Å². The average Bonchev–Trinajstić information content (AvgIpc) is 2.46. The van der Waals surface area contributed by atoms with Crippen molar-refractivity contribution in [3.63, 3.8) is 0 Å². The summed E-state index contributed by atoms with van der Waals surface area (Å²) in [6.07, 6.45) is 0. The Morgan fingerprint density at radius 1 is 1.25 bits per heavy atom. The van der Waals surface area contributed by atoms with E-state index in [4.69, 9.17) is 4.74 Å². The Bertz CT molecular complexity index is 643. The van der Waals surface area contributed by atoms with Crippen LogP contribution < -0.4 is 9.64 Å². The lowest BCUT2D eigenvalue weighted by atomic mass is 10.1. The molecular formula is C15H14FNO3. The van der Waals surface area contributed by atoms with Gasteiger partial charge in [-0.2, -0.15) is 0 Å². The fraction of sp³-hybridized carbons (Fsp3) is 0.133.